The highest BCUT2D eigenvalue weighted by atomic mass is 19.3. The number of hydrogen-bond acceptors (Lipinski definition) is 3. The third-order valence-corrected chi connectivity index (χ3v) is 1.64. The van der Waals surface area contributed by atoms with Crippen LogP contribution in [-0.4, -0.2) is 29.2 Å². The summed E-state index contributed by atoms with van der Waals surface area (Å²) in [4.78, 5) is 6.83. The molecule has 1 heterocycles. The summed E-state index contributed by atoms with van der Waals surface area (Å²) in [5.74, 6) is -2.01. The second kappa shape index (κ2) is 9.09. The van der Waals surface area contributed by atoms with Gasteiger partial charge in [-0.15, -0.1) is 13.2 Å². The van der Waals surface area contributed by atoms with Gasteiger partial charge in [0.25, 0.3) is 5.92 Å². The van der Waals surface area contributed by atoms with E-state index in [9.17, 15) is 8.78 Å². The van der Waals surface area contributed by atoms with Crippen LogP contribution in [0.2, 0.25) is 0 Å². The Morgan fingerprint density at radius 2 is 2.00 bits per heavy atom. The summed E-state index contributed by atoms with van der Waals surface area (Å²) in [6.07, 6.45) is 1.55. The molecule has 1 rings (SSSR count). The maximum atomic E-state index is 12.5. The second-order valence-corrected chi connectivity index (χ2v) is 3.28. The highest BCUT2D eigenvalue weighted by Gasteiger charge is 2.20. The molecule has 0 aliphatic rings. The summed E-state index contributed by atoms with van der Waals surface area (Å²) < 4.78 is 24.9. The average Bonchev–Trinajstić information content (AvgIpc) is 2.77. The quantitative estimate of drug-likeness (QED) is 0.574. The first-order valence-electron chi connectivity index (χ1n) is 5.06. The third-order valence-electron chi connectivity index (χ3n) is 1.64. The molecular weight excluding hydrogens is 238 g/mol. The Morgan fingerprint density at radius 1 is 1.50 bits per heavy atom. The van der Waals surface area contributed by atoms with E-state index in [1.165, 1.54) is 0 Å². The van der Waals surface area contributed by atoms with Gasteiger partial charge in [-0.2, -0.15) is 0 Å². The first-order chi connectivity index (χ1) is 8.38. The van der Waals surface area contributed by atoms with Crippen LogP contribution in [0.3, 0.4) is 0 Å². The van der Waals surface area contributed by atoms with Gasteiger partial charge in [0.2, 0.25) is 0 Å². The number of halogens is 2. The van der Waals surface area contributed by atoms with Crippen molar-refractivity contribution < 1.29 is 8.78 Å². The van der Waals surface area contributed by atoms with Gasteiger partial charge in [0.1, 0.15) is 5.82 Å². The largest absolute Gasteiger partial charge is 0.378 e. The van der Waals surface area contributed by atoms with E-state index < -0.39 is 12.5 Å². The van der Waals surface area contributed by atoms with Crippen LogP contribution < -0.4 is 5.32 Å². The standard InChI is InChI=1S/C9H13F2N3.C2H4.CH3N/c1-6(13-5-9(3,10)11)8-4-12-7(2)14-8;2*1-2/h4,13H,1,5H2,2-3H3,(H,12,14);1-2H2;2H,1H2. The molecule has 3 N–H and O–H groups in total. The van der Waals surface area contributed by atoms with Crippen molar-refractivity contribution in [1.29, 1.82) is 5.41 Å². The molecule has 0 saturated carbocycles. The van der Waals surface area contributed by atoms with Crippen LogP contribution >= 0.6 is 0 Å². The molecule has 0 unspecified atom stereocenters. The number of aryl methyl sites for hydroxylation is 1. The van der Waals surface area contributed by atoms with Crippen LogP contribution in [-0.2, 0) is 0 Å². The van der Waals surface area contributed by atoms with Crippen LogP contribution in [0.5, 0.6) is 0 Å². The lowest BCUT2D eigenvalue weighted by atomic mass is 10.3. The Labute approximate surface area is 106 Å². The number of nitrogens with zero attached hydrogens (tertiary/aromatic N) is 1. The Kier molecular flexibility index (Phi) is 9.29. The summed E-state index contributed by atoms with van der Waals surface area (Å²) >= 11 is 0. The molecule has 0 radical (unpaired) electrons. The first-order valence-corrected chi connectivity index (χ1v) is 5.06. The number of aromatic amines is 1. The minimum atomic E-state index is -2.74. The van der Waals surface area contributed by atoms with Gasteiger partial charge < -0.3 is 15.7 Å². The Balaban J connectivity index is 0. The number of aromatic nitrogens is 2. The zero-order chi connectivity index (χ0) is 14.8. The summed E-state index contributed by atoms with van der Waals surface area (Å²) in [6.45, 7) is 14.3. The molecule has 0 amide bonds. The van der Waals surface area contributed by atoms with Crippen molar-refractivity contribution in [2.24, 2.45) is 0 Å². The van der Waals surface area contributed by atoms with Crippen molar-refractivity contribution in [2.75, 3.05) is 6.54 Å². The fourth-order valence-corrected chi connectivity index (χ4v) is 0.931. The fraction of sp³-hybridized carbons (Fsp3) is 0.333. The van der Waals surface area contributed by atoms with Crippen LogP contribution in [0.15, 0.2) is 25.9 Å². The molecule has 0 aliphatic heterocycles. The molecule has 102 valence electrons. The maximum Gasteiger partial charge on any atom is 0.262 e. The molecule has 0 bridgehead atoms. The number of imidazole rings is 1. The van der Waals surface area contributed by atoms with Gasteiger partial charge in [0.05, 0.1) is 24.1 Å². The van der Waals surface area contributed by atoms with Crippen molar-refractivity contribution in [3.8, 4) is 0 Å². The van der Waals surface area contributed by atoms with Gasteiger partial charge in [0, 0.05) is 6.92 Å². The molecule has 0 saturated heterocycles. The predicted octanol–water partition coefficient (Wildman–Crippen LogP) is 3.00. The Bertz CT molecular complexity index is 353. The Morgan fingerprint density at radius 3 is 2.33 bits per heavy atom. The summed E-state index contributed by atoms with van der Waals surface area (Å²) in [5, 5.41) is 8.04. The van der Waals surface area contributed by atoms with E-state index in [1.807, 2.05) is 0 Å². The van der Waals surface area contributed by atoms with E-state index in [-0.39, 0.29) is 0 Å². The zero-order valence-corrected chi connectivity index (χ0v) is 10.8. The first kappa shape index (κ1) is 18.4. The Hall–Kier alpha value is -1.98. The number of hydrogen-bond donors (Lipinski definition) is 3. The second-order valence-electron chi connectivity index (χ2n) is 3.28. The normalized spacial score (nSPS) is 9.33. The lowest BCUT2D eigenvalue weighted by Gasteiger charge is -2.13. The molecule has 1 aromatic heterocycles. The summed E-state index contributed by atoms with van der Waals surface area (Å²) in [5.41, 5.74) is 1.05. The topological polar surface area (TPSA) is 64.6 Å². The smallest absolute Gasteiger partial charge is 0.262 e. The van der Waals surface area contributed by atoms with E-state index in [4.69, 9.17) is 5.41 Å². The number of alkyl halides is 2. The predicted molar refractivity (Wildman–Crippen MR) is 72.1 cm³/mol. The van der Waals surface area contributed by atoms with Crippen molar-refractivity contribution in [1.82, 2.24) is 15.3 Å². The van der Waals surface area contributed by atoms with Crippen LogP contribution in [0.25, 0.3) is 5.70 Å². The molecule has 0 atom stereocenters. The van der Waals surface area contributed by atoms with E-state index in [2.05, 4.69) is 41.7 Å². The summed E-state index contributed by atoms with van der Waals surface area (Å²) in [7, 11) is 0. The molecule has 0 aromatic carbocycles. The molecule has 6 heteroatoms. The van der Waals surface area contributed by atoms with Gasteiger partial charge in [-0.3, -0.25) is 0 Å². The zero-order valence-electron chi connectivity index (χ0n) is 10.8. The lowest BCUT2D eigenvalue weighted by molar-refractivity contribution is 0.0267. The molecular formula is C12H20F2N4. The SMILES string of the molecule is C=C.C=C(NCC(C)(F)F)c1cnc(C)[nH]1.C=N. The monoisotopic (exact) mass is 258 g/mol. The van der Waals surface area contributed by atoms with Gasteiger partial charge in [-0.05, 0) is 13.6 Å². The van der Waals surface area contributed by atoms with Gasteiger partial charge in [0.15, 0.2) is 0 Å². The third kappa shape index (κ3) is 8.20. The summed E-state index contributed by atoms with van der Waals surface area (Å²) in [6, 6.07) is 0. The van der Waals surface area contributed by atoms with Gasteiger partial charge in [-0.25, -0.2) is 13.8 Å². The molecule has 18 heavy (non-hydrogen) atoms. The van der Waals surface area contributed by atoms with E-state index in [0.717, 1.165) is 12.7 Å². The lowest BCUT2D eigenvalue weighted by Crippen LogP contribution is -2.28. The molecule has 0 spiro atoms. The fourth-order valence-electron chi connectivity index (χ4n) is 0.931. The molecule has 0 fully saturated rings. The highest BCUT2D eigenvalue weighted by Crippen LogP contribution is 2.12. The van der Waals surface area contributed by atoms with Gasteiger partial charge in [-0.1, -0.05) is 6.58 Å². The minimum absolute atomic E-state index is 0.423. The van der Waals surface area contributed by atoms with Crippen LogP contribution in [0.4, 0.5) is 8.78 Å². The van der Waals surface area contributed by atoms with Crippen LogP contribution in [0.1, 0.15) is 18.4 Å². The molecule has 0 aliphatic carbocycles. The van der Waals surface area contributed by atoms with E-state index >= 15 is 0 Å². The molecule has 4 nitrogen and oxygen atoms in total. The number of nitrogens with one attached hydrogen (secondary N) is 3. The van der Waals surface area contributed by atoms with Crippen molar-refractivity contribution >= 4 is 12.4 Å². The highest BCUT2D eigenvalue weighted by molar-refractivity contribution is 5.57. The molecule has 1 aromatic rings. The van der Waals surface area contributed by atoms with Crippen molar-refractivity contribution in [3.63, 3.8) is 0 Å². The van der Waals surface area contributed by atoms with E-state index in [1.54, 1.807) is 13.1 Å². The van der Waals surface area contributed by atoms with Crippen LogP contribution in [0, 0.1) is 12.3 Å². The minimum Gasteiger partial charge on any atom is -0.378 e. The number of H-pyrrole nitrogens is 1. The van der Waals surface area contributed by atoms with Crippen molar-refractivity contribution in [2.45, 2.75) is 19.8 Å². The van der Waals surface area contributed by atoms with Crippen molar-refractivity contribution in [3.05, 3.63) is 37.5 Å². The average molecular weight is 258 g/mol. The van der Waals surface area contributed by atoms with Gasteiger partial charge >= 0.3 is 0 Å². The maximum absolute atomic E-state index is 12.5. The number of rotatable bonds is 4. The van der Waals surface area contributed by atoms with E-state index in [0.29, 0.717) is 11.4 Å².